The monoisotopic (exact) mass is 1150 g/mol. The number of hydrogen-bond donors (Lipinski definition) is 0. The predicted molar refractivity (Wildman–Crippen MR) is 358 cm³/mol. The van der Waals surface area contributed by atoms with Gasteiger partial charge in [0, 0.05) is 19.3 Å². The van der Waals surface area contributed by atoms with Gasteiger partial charge in [-0.05, 0) is 103 Å². The second-order valence-electron chi connectivity index (χ2n) is 24.8. The van der Waals surface area contributed by atoms with Gasteiger partial charge in [0.1, 0.15) is 13.2 Å². The molecular formula is C76H140O6. The van der Waals surface area contributed by atoms with E-state index in [2.05, 4.69) is 69.4 Å². The minimum absolute atomic E-state index is 0.0738. The van der Waals surface area contributed by atoms with E-state index in [4.69, 9.17) is 14.2 Å². The fourth-order valence-corrected chi connectivity index (χ4v) is 11.0. The van der Waals surface area contributed by atoms with E-state index < -0.39 is 6.10 Å². The van der Waals surface area contributed by atoms with Gasteiger partial charge in [-0.15, -0.1) is 0 Å². The van der Waals surface area contributed by atoms with E-state index in [0.29, 0.717) is 19.3 Å². The fraction of sp³-hybridized carbons (Fsp3) is 0.855. The van der Waals surface area contributed by atoms with Crippen LogP contribution in [0, 0.1) is 0 Å². The molecule has 82 heavy (non-hydrogen) atoms. The van der Waals surface area contributed by atoms with E-state index in [9.17, 15) is 14.4 Å². The molecule has 0 aliphatic rings. The number of hydrogen-bond acceptors (Lipinski definition) is 6. The van der Waals surface area contributed by atoms with Gasteiger partial charge in [0.15, 0.2) is 6.10 Å². The molecule has 0 heterocycles. The minimum Gasteiger partial charge on any atom is -0.462 e. The molecule has 0 saturated heterocycles. The average molecular weight is 1150 g/mol. The summed E-state index contributed by atoms with van der Waals surface area (Å²) in [5.41, 5.74) is 0. The van der Waals surface area contributed by atoms with E-state index >= 15 is 0 Å². The summed E-state index contributed by atoms with van der Waals surface area (Å²) in [4.78, 5) is 38.5. The largest absolute Gasteiger partial charge is 0.462 e. The number of rotatable bonds is 68. The van der Waals surface area contributed by atoms with Crippen LogP contribution in [0.4, 0.5) is 0 Å². The molecule has 1 unspecified atom stereocenters. The summed E-state index contributed by atoms with van der Waals surface area (Å²) in [6, 6.07) is 0. The van der Waals surface area contributed by atoms with E-state index in [1.165, 1.54) is 289 Å². The zero-order valence-corrected chi connectivity index (χ0v) is 55.3. The minimum atomic E-state index is -0.780. The molecule has 480 valence electrons. The molecule has 6 nitrogen and oxygen atoms in total. The van der Waals surface area contributed by atoms with Crippen molar-refractivity contribution in [3.05, 3.63) is 48.6 Å². The van der Waals surface area contributed by atoms with E-state index in [0.717, 1.165) is 70.6 Å². The summed E-state index contributed by atoms with van der Waals surface area (Å²) in [7, 11) is 0. The molecule has 0 N–H and O–H groups in total. The predicted octanol–water partition coefficient (Wildman–Crippen LogP) is 25.3. The van der Waals surface area contributed by atoms with Crippen LogP contribution in [0.2, 0.25) is 0 Å². The molecule has 0 aromatic heterocycles. The van der Waals surface area contributed by atoms with Gasteiger partial charge < -0.3 is 14.2 Å². The lowest BCUT2D eigenvalue weighted by Gasteiger charge is -2.18. The summed E-state index contributed by atoms with van der Waals surface area (Å²) in [5.74, 6) is -0.860. The molecule has 6 heteroatoms. The Morgan fingerprint density at radius 2 is 0.439 bits per heavy atom. The molecule has 0 fully saturated rings. The van der Waals surface area contributed by atoms with Crippen molar-refractivity contribution in [1.29, 1.82) is 0 Å². The SMILES string of the molecule is CCCCCCC/C=C\C/C=C\CCCCCCCCCCCC(=O)OC(COC(=O)CCCCCCC/C=C\CCCCCCCCC)COC(=O)CCCCCCCCCCCCCCCCC/C=C\CCCCCCCCCC. The van der Waals surface area contributed by atoms with Gasteiger partial charge in [0.25, 0.3) is 0 Å². The van der Waals surface area contributed by atoms with E-state index in [-0.39, 0.29) is 31.1 Å². The summed E-state index contributed by atoms with van der Waals surface area (Å²) >= 11 is 0. The Bertz CT molecular complexity index is 1410. The highest BCUT2D eigenvalue weighted by Crippen LogP contribution is 2.18. The fourth-order valence-electron chi connectivity index (χ4n) is 11.0. The molecule has 0 aliphatic carbocycles. The van der Waals surface area contributed by atoms with Crippen LogP contribution in [0.3, 0.4) is 0 Å². The molecule has 0 amide bonds. The maximum Gasteiger partial charge on any atom is 0.306 e. The van der Waals surface area contributed by atoms with Gasteiger partial charge in [-0.25, -0.2) is 0 Å². The van der Waals surface area contributed by atoms with Crippen molar-refractivity contribution in [2.75, 3.05) is 13.2 Å². The number of ether oxygens (including phenoxy) is 3. The molecule has 0 bridgehead atoms. The molecule has 0 aliphatic heterocycles. The third-order valence-electron chi connectivity index (χ3n) is 16.5. The zero-order valence-electron chi connectivity index (χ0n) is 55.3. The Balaban J connectivity index is 4.28. The maximum absolute atomic E-state index is 13.0. The van der Waals surface area contributed by atoms with E-state index in [1.54, 1.807) is 0 Å². The molecule has 0 spiro atoms. The maximum atomic E-state index is 13.0. The van der Waals surface area contributed by atoms with Crippen LogP contribution >= 0.6 is 0 Å². The van der Waals surface area contributed by atoms with Crippen molar-refractivity contribution in [2.45, 2.75) is 406 Å². The summed E-state index contributed by atoms with van der Waals surface area (Å²) in [5, 5.41) is 0. The molecule has 0 saturated carbocycles. The number of esters is 3. The summed E-state index contributed by atoms with van der Waals surface area (Å²) in [6.07, 6.45) is 90.0. The first-order valence-electron chi connectivity index (χ1n) is 36.6. The third-order valence-corrected chi connectivity index (χ3v) is 16.5. The van der Waals surface area contributed by atoms with Crippen LogP contribution in [0.15, 0.2) is 48.6 Å². The quantitative estimate of drug-likeness (QED) is 0.0261. The van der Waals surface area contributed by atoms with Gasteiger partial charge in [-0.1, -0.05) is 326 Å². The Kier molecular flexibility index (Phi) is 68.6. The van der Waals surface area contributed by atoms with Crippen molar-refractivity contribution >= 4 is 17.9 Å². The van der Waals surface area contributed by atoms with Crippen LogP contribution in [-0.2, 0) is 28.6 Å². The first-order chi connectivity index (χ1) is 40.5. The number of carbonyl (C=O) groups excluding carboxylic acids is 3. The molecule has 1 atom stereocenters. The van der Waals surface area contributed by atoms with Gasteiger partial charge >= 0.3 is 17.9 Å². The van der Waals surface area contributed by atoms with Crippen molar-refractivity contribution in [2.24, 2.45) is 0 Å². The zero-order chi connectivity index (χ0) is 59.2. The molecule has 0 aromatic carbocycles. The van der Waals surface area contributed by atoms with Gasteiger partial charge in [-0.2, -0.15) is 0 Å². The molecule has 0 rings (SSSR count). The first kappa shape index (κ1) is 79.4. The van der Waals surface area contributed by atoms with Gasteiger partial charge in [-0.3, -0.25) is 14.4 Å². The lowest BCUT2D eigenvalue weighted by molar-refractivity contribution is -0.167. The number of allylic oxidation sites excluding steroid dienone is 8. The van der Waals surface area contributed by atoms with E-state index in [1.807, 2.05) is 0 Å². The number of carbonyl (C=O) groups is 3. The second kappa shape index (κ2) is 70.9. The van der Waals surface area contributed by atoms with Crippen LogP contribution in [0.5, 0.6) is 0 Å². The highest BCUT2D eigenvalue weighted by molar-refractivity contribution is 5.71. The van der Waals surface area contributed by atoms with Crippen molar-refractivity contribution in [3.63, 3.8) is 0 Å². The molecule has 0 radical (unpaired) electrons. The van der Waals surface area contributed by atoms with Crippen LogP contribution in [0.1, 0.15) is 400 Å². The smallest absolute Gasteiger partial charge is 0.306 e. The summed E-state index contributed by atoms with van der Waals surface area (Å²) in [6.45, 7) is 6.69. The lowest BCUT2D eigenvalue weighted by Crippen LogP contribution is -2.30. The Morgan fingerprint density at radius 1 is 0.244 bits per heavy atom. The van der Waals surface area contributed by atoms with Crippen molar-refractivity contribution < 1.29 is 28.6 Å². The normalized spacial score (nSPS) is 12.3. The van der Waals surface area contributed by atoms with Crippen LogP contribution in [-0.4, -0.2) is 37.2 Å². The molecular weight excluding hydrogens is 1010 g/mol. The highest BCUT2D eigenvalue weighted by atomic mass is 16.6. The highest BCUT2D eigenvalue weighted by Gasteiger charge is 2.19. The topological polar surface area (TPSA) is 78.9 Å². The van der Waals surface area contributed by atoms with Crippen molar-refractivity contribution in [3.8, 4) is 0 Å². The second-order valence-corrected chi connectivity index (χ2v) is 24.8. The van der Waals surface area contributed by atoms with Crippen LogP contribution < -0.4 is 0 Å². The Labute approximate surface area is 511 Å². The first-order valence-corrected chi connectivity index (χ1v) is 36.6. The van der Waals surface area contributed by atoms with Gasteiger partial charge in [0.2, 0.25) is 0 Å². The number of unbranched alkanes of at least 4 members (excludes halogenated alkanes) is 49. The molecule has 0 aromatic rings. The standard InChI is InChI=1S/C76H140O6/c1-4-7-10-13-16-19-22-25-28-31-33-35-36-37-38-39-40-42-43-45-48-51-54-57-60-63-66-69-75(78)81-72-73(71-80-74(77)68-65-62-59-56-53-50-47-30-27-24-21-18-15-12-9-6-3)82-76(79)70-67-64-61-58-55-52-49-46-44-41-34-32-29-26-23-20-17-14-11-8-5-2/h23,26,30-34,47,73H,4-22,24-25,27-29,35-46,48-72H2,1-3H3/b26-23-,33-31-,34-32-,47-30-. The lowest BCUT2D eigenvalue weighted by atomic mass is 10.0. The van der Waals surface area contributed by atoms with Gasteiger partial charge in [0.05, 0.1) is 0 Å². The summed E-state index contributed by atoms with van der Waals surface area (Å²) < 4.78 is 17.0. The Hall–Kier alpha value is -2.63. The van der Waals surface area contributed by atoms with Crippen LogP contribution in [0.25, 0.3) is 0 Å². The Morgan fingerprint density at radius 3 is 0.683 bits per heavy atom. The third kappa shape index (κ3) is 68.2. The average Bonchev–Trinajstić information content (AvgIpc) is 3.48. The van der Waals surface area contributed by atoms with Crippen molar-refractivity contribution in [1.82, 2.24) is 0 Å².